The minimum atomic E-state index is 1.16. The van der Waals surface area contributed by atoms with Gasteiger partial charge in [0.2, 0.25) is 0 Å². The number of hydrogen-bond acceptors (Lipinski definition) is 0. The molecule has 60 valence electrons. The Kier molecular flexibility index (Phi) is 3.15. The third-order valence-electron chi connectivity index (χ3n) is 2.16. The van der Waals surface area contributed by atoms with Crippen LogP contribution in [0.1, 0.15) is 33.1 Å². The van der Waals surface area contributed by atoms with Gasteiger partial charge < -0.3 is 0 Å². The van der Waals surface area contributed by atoms with Crippen LogP contribution in [0.5, 0.6) is 0 Å². The molecule has 0 aromatic heterocycles. The second-order valence-corrected chi connectivity index (χ2v) is 2.83. The van der Waals surface area contributed by atoms with Crippen LogP contribution in [0.2, 0.25) is 0 Å². The largest absolute Gasteiger partial charge is 0.0842 e. The van der Waals surface area contributed by atoms with Crippen LogP contribution in [-0.4, -0.2) is 0 Å². The molecule has 1 aliphatic rings. The first-order valence-electron chi connectivity index (χ1n) is 4.39. The van der Waals surface area contributed by atoms with Crippen LogP contribution in [-0.2, 0) is 0 Å². The Hall–Kier alpha value is -0.780. The molecule has 0 radical (unpaired) electrons. The number of hydrogen-bond donors (Lipinski definition) is 0. The van der Waals surface area contributed by atoms with Crippen molar-refractivity contribution in [1.82, 2.24) is 0 Å². The molecule has 0 aromatic carbocycles. The summed E-state index contributed by atoms with van der Waals surface area (Å²) in [5, 5.41) is 0. The maximum atomic E-state index is 2.24. The second kappa shape index (κ2) is 4.17. The van der Waals surface area contributed by atoms with Crippen LogP contribution in [0.3, 0.4) is 0 Å². The standard InChI is InChI=1S/C11H16/c1-3-10(4-2)11-8-6-5-7-9-11/h3,5-6,8H,4,7,9H2,1-2H3/b10-3+. The highest BCUT2D eigenvalue weighted by atomic mass is 14.1. The molecule has 0 unspecified atom stereocenters. The molecule has 0 fully saturated rings. The molecule has 0 saturated carbocycles. The normalized spacial score (nSPS) is 18.4. The lowest BCUT2D eigenvalue weighted by Crippen LogP contribution is -1.90. The fourth-order valence-corrected chi connectivity index (χ4v) is 1.49. The van der Waals surface area contributed by atoms with Gasteiger partial charge in [0.05, 0.1) is 0 Å². The van der Waals surface area contributed by atoms with E-state index >= 15 is 0 Å². The molecule has 11 heavy (non-hydrogen) atoms. The molecule has 0 heteroatoms. The van der Waals surface area contributed by atoms with Crippen molar-refractivity contribution >= 4 is 0 Å². The predicted molar refractivity (Wildman–Crippen MR) is 50.5 cm³/mol. The van der Waals surface area contributed by atoms with Crippen molar-refractivity contribution in [2.75, 3.05) is 0 Å². The van der Waals surface area contributed by atoms with Crippen molar-refractivity contribution in [2.24, 2.45) is 0 Å². The van der Waals surface area contributed by atoms with Gasteiger partial charge in [0, 0.05) is 0 Å². The highest BCUT2D eigenvalue weighted by Gasteiger charge is 2.02. The summed E-state index contributed by atoms with van der Waals surface area (Å²) in [4.78, 5) is 0. The zero-order chi connectivity index (χ0) is 8.10. The molecule has 0 heterocycles. The van der Waals surface area contributed by atoms with Crippen molar-refractivity contribution in [1.29, 1.82) is 0 Å². The van der Waals surface area contributed by atoms with Gasteiger partial charge in [0.15, 0.2) is 0 Å². The van der Waals surface area contributed by atoms with Gasteiger partial charge in [-0.3, -0.25) is 0 Å². The summed E-state index contributed by atoms with van der Waals surface area (Å²) in [7, 11) is 0. The highest BCUT2D eigenvalue weighted by molar-refractivity contribution is 5.35. The maximum Gasteiger partial charge on any atom is -0.0241 e. The van der Waals surface area contributed by atoms with Gasteiger partial charge in [0.1, 0.15) is 0 Å². The molecule has 0 aliphatic heterocycles. The summed E-state index contributed by atoms with van der Waals surface area (Å²) in [6.07, 6.45) is 12.5. The molecular weight excluding hydrogens is 132 g/mol. The Labute approximate surface area is 69.3 Å². The van der Waals surface area contributed by atoms with Gasteiger partial charge in [-0.2, -0.15) is 0 Å². The van der Waals surface area contributed by atoms with Gasteiger partial charge in [0.25, 0.3) is 0 Å². The monoisotopic (exact) mass is 148 g/mol. The van der Waals surface area contributed by atoms with Crippen molar-refractivity contribution < 1.29 is 0 Å². The van der Waals surface area contributed by atoms with Gasteiger partial charge in [-0.25, -0.2) is 0 Å². The summed E-state index contributed by atoms with van der Waals surface area (Å²) in [6.45, 7) is 4.34. The van der Waals surface area contributed by atoms with E-state index in [9.17, 15) is 0 Å². The minimum Gasteiger partial charge on any atom is -0.0842 e. The molecule has 0 amide bonds. The zero-order valence-corrected chi connectivity index (χ0v) is 7.43. The van der Waals surface area contributed by atoms with E-state index in [2.05, 4.69) is 38.2 Å². The Balaban J connectivity index is 2.72. The first-order valence-corrected chi connectivity index (χ1v) is 4.39. The highest BCUT2D eigenvalue weighted by Crippen LogP contribution is 2.21. The molecule has 1 aliphatic carbocycles. The van der Waals surface area contributed by atoms with E-state index in [0.717, 1.165) is 6.42 Å². The SMILES string of the molecule is C/C=C(\CC)C1=CC=CCC1. The molecule has 0 spiro atoms. The topological polar surface area (TPSA) is 0 Å². The Bertz CT molecular complexity index is 204. The van der Waals surface area contributed by atoms with Crippen LogP contribution in [0, 0.1) is 0 Å². The van der Waals surface area contributed by atoms with Gasteiger partial charge >= 0.3 is 0 Å². The van der Waals surface area contributed by atoms with Crippen LogP contribution >= 0.6 is 0 Å². The smallest absolute Gasteiger partial charge is 0.0241 e. The molecule has 0 aromatic rings. The third kappa shape index (κ3) is 2.07. The fourth-order valence-electron chi connectivity index (χ4n) is 1.49. The van der Waals surface area contributed by atoms with Crippen molar-refractivity contribution in [2.45, 2.75) is 33.1 Å². The average Bonchev–Trinajstić information content (AvgIpc) is 2.09. The minimum absolute atomic E-state index is 1.16. The van der Waals surface area contributed by atoms with E-state index in [-0.39, 0.29) is 0 Å². The Morgan fingerprint density at radius 3 is 2.91 bits per heavy atom. The van der Waals surface area contributed by atoms with Gasteiger partial charge in [-0.05, 0) is 37.3 Å². The predicted octanol–water partition coefficient (Wildman–Crippen LogP) is 3.62. The molecule has 0 nitrogen and oxygen atoms in total. The van der Waals surface area contributed by atoms with E-state index in [1.165, 1.54) is 24.0 Å². The summed E-state index contributed by atoms with van der Waals surface area (Å²) in [6, 6.07) is 0. The van der Waals surface area contributed by atoms with Crippen LogP contribution in [0.25, 0.3) is 0 Å². The average molecular weight is 148 g/mol. The first-order chi connectivity index (χ1) is 5.38. The van der Waals surface area contributed by atoms with E-state index in [0.29, 0.717) is 0 Å². The van der Waals surface area contributed by atoms with Gasteiger partial charge in [-0.1, -0.05) is 31.2 Å². The Morgan fingerprint density at radius 1 is 1.64 bits per heavy atom. The van der Waals surface area contributed by atoms with Crippen LogP contribution in [0.4, 0.5) is 0 Å². The summed E-state index contributed by atoms with van der Waals surface area (Å²) in [5.41, 5.74) is 3.03. The summed E-state index contributed by atoms with van der Waals surface area (Å²) >= 11 is 0. The van der Waals surface area contributed by atoms with Crippen LogP contribution in [0.15, 0.2) is 35.5 Å². The Morgan fingerprint density at radius 2 is 2.45 bits per heavy atom. The van der Waals surface area contributed by atoms with E-state index in [4.69, 9.17) is 0 Å². The van der Waals surface area contributed by atoms with E-state index in [1.807, 2.05) is 0 Å². The van der Waals surface area contributed by atoms with Crippen molar-refractivity contribution in [3.63, 3.8) is 0 Å². The number of rotatable bonds is 2. The quantitative estimate of drug-likeness (QED) is 0.561. The lowest BCUT2D eigenvalue weighted by molar-refractivity contribution is 0.936. The molecule has 0 bridgehead atoms. The first kappa shape index (κ1) is 8.32. The second-order valence-electron chi connectivity index (χ2n) is 2.83. The molecule has 1 rings (SSSR count). The number of allylic oxidation sites excluding steroid dienone is 6. The molecule has 0 atom stereocenters. The van der Waals surface area contributed by atoms with E-state index in [1.54, 1.807) is 0 Å². The van der Waals surface area contributed by atoms with Crippen LogP contribution < -0.4 is 0 Å². The fraction of sp³-hybridized carbons (Fsp3) is 0.455. The summed E-state index contributed by atoms with van der Waals surface area (Å²) < 4.78 is 0. The molecular formula is C11H16. The maximum absolute atomic E-state index is 2.24. The molecule has 0 N–H and O–H groups in total. The van der Waals surface area contributed by atoms with E-state index < -0.39 is 0 Å². The summed E-state index contributed by atoms with van der Waals surface area (Å²) in [5.74, 6) is 0. The lowest BCUT2D eigenvalue weighted by Gasteiger charge is -2.10. The zero-order valence-electron chi connectivity index (χ0n) is 7.43. The van der Waals surface area contributed by atoms with Gasteiger partial charge in [-0.15, -0.1) is 0 Å². The lowest BCUT2D eigenvalue weighted by atomic mass is 9.96. The third-order valence-corrected chi connectivity index (χ3v) is 2.16. The van der Waals surface area contributed by atoms with Crippen molar-refractivity contribution in [3.05, 3.63) is 35.5 Å². The van der Waals surface area contributed by atoms with Crippen molar-refractivity contribution in [3.8, 4) is 0 Å². The molecule has 0 saturated heterocycles.